The summed E-state index contributed by atoms with van der Waals surface area (Å²) in [6, 6.07) is 23.2. The first-order valence-electron chi connectivity index (χ1n) is 7.84. The van der Waals surface area contributed by atoms with Gasteiger partial charge in [-0.2, -0.15) is 0 Å². The van der Waals surface area contributed by atoms with Gasteiger partial charge in [0.15, 0.2) is 0 Å². The van der Waals surface area contributed by atoms with Gasteiger partial charge in [0.1, 0.15) is 5.25 Å². The van der Waals surface area contributed by atoms with E-state index >= 15 is 0 Å². The minimum Gasteiger partial charge on any atom is -0.481 e. The zero-order valence-corrected chi connectivity index (χ0v) is 14.6. The van der Waals surface area contributed by atoms with E-state index in [0.29, 0.717) is 11.6 Å². The molecule has 1 heterocycles. The summed E-state index contributed by atoms with van der Waals surface area (Å²) in [4.78, 5) is 18.0. The Labute approximate surface area is 151 Å². The van der Waals surface area contributed by atoms with E-state index in [0.717, 1.165) is 10.5 Å². The fourth-order valence-electron chi connectivity index (χ4n) is 2.32. The van der Waals surface area contributed by atoms with Crippen molar-refractivity contribution in [1.29, 1.82) is 0 Å². The third-order valence-electron chi connectivity index (χ3n) is 3.55. The van der Waals surface area contributed by atoms with Gasteiger partial charge < -0.3 is 10.1 Å². The standard InChI is InChI=1S/C20H18N2O2S/c1-24-18-13-12-16(14-21-18)22-20(23)19(15-8-4-2-5-9-15)25-17-10-6-3-7-11-17/h2-14,19H,1H3,(H,22,23). The molecule has 1 aromatic heterocycles. The van der Waals surface area contributed by atoms with Gasteiger partial charge in [-0.1, -0.05) is 48.5 Å². The highest BCUT2D eigenvalue weighted by Crippen LogP contribution is 2.36. The summed E-state index contributed by atoms with van der Waals surface area (Å²) in [5, 5.41) is 2.58. The van der Waals surface area contributed by atoms with Crippen LogP contribution in [0.4, 0.5) is 5.69 Å². The molecule has 3 aromatic rings. The van der Waals surface area contributed by atoms with Crippen molar-refractivity contribution in [2.75, 3.05) is 12.4 Å². The van der Waals surface area contributed by atoms with E-state index in [1.807, 2.05) is 60.7 Å². The highest BCUT2D eigenvalue weighted by atomic mass is 32.2. The van der Waals surface area contributed by atoms with Crippen molar-refractivity contribution in [3.05, 3.63) is 84.6 Å². The lowest BCUT2D eigenvalue weighted by atomic mass is 10.1. The van der Waals surface area contributed by atoms with Crippen molar-refractivity contribution in [3.8, 4) is 5.88 Å². The number of amides is 1. The van der Waals surface area contributed by atoms with E-state index in [4.69, 9.17) is 4.74 Å². The third-order valence-corrected chi connectivity index (χ3v) is 4.82. The Balaban J connectivity index is 1.81. The summed E-state index contributed by atoms with van der Waals surface area (Å²) in [6.45, 7) is 0. The lowest BCUT2D eigenvalue weighted by Crippen LogP contribution is -2.19. The second kappa shape index (κ2) is 8.35. The molecule has 0 saturated carbocycles. The van der Waals surface area contributed by atoms with Crippen LogP contribution in [0.25, 0.3) is 0 Å². The Morgan fingerprint density at radius 2 is 1.68 bits per heavy atom. The lowest BCUT2D eigenvalue weighted by molar-refractivity contribution is -0.115. The van der Waals surface area contributed by atoms with E-state index in [-0.39, 0.29) is 11.2 Å². The molecule has 126 valence electrons. The second-order valence-corrected chi connectivity index (χ2v) is 6.48. The number of hydrogen-bond acceptors (Lipinski definition) is 4. The molecule has 0 aliphatic carbocycles. The molecule has 0 radical (unpaired) electrons. The Hall–Kier alpha value is -2.79. The zero-order valence-electron chi connectivity index (χ0n) is 13.8. The van der Waals surface area contributed by atoms with E-state index in [9.17, 15) is 4.79 Å². The smallest absolute Gasteiger partial charge is 0.242 e. The fourth-order valence-corrected chi connectivity index (χ4v) is 3.36. The van der Waals surface area contributed by atoms with Crippen LogP contribution in [0, 0.1) is 0 Å². The normalized spacial score (nSPS) is 11.6. The third kappa shape index (κ3) is 4.61. The van der Waals surface area contributed by atoms with Crippen LogP contribution < -0.4 is 10.1 Å². The summed E-state index contributed by atoms with van der Waals surface area (Å²) in [5.41, 5.74) is 1.59. The maximum absolute atomic E-state index is 12.9. The molecule has 0 bridgehead atoms. The molecule has 1 N–H and O–H groups in total. The van der Waals surface area contributed by atoms with Crippen molar-refractivity contribution in [1.82, 2.24) is 4.98 Å². The van der Waals surface area contributed by atoms with Crippen molar-refractivity contribution in [3.63, 3.8) is 0 Å². The lowest BCUT2D eigenvalue weighted by Gasteiger charge is -2.17. The number of methoxy groups -OCH3 is 1. The summed E-state index contributed by atoms with van der Waals surface area (Å²) >= 11 is 1.52. The number of pyridine rings is 1. The van der Waals surface area contributed by atoms with Gasteiger partial charge in [-0.25, -0.2) is 4.98 Å². The van der Waals surface area contributed by atoms with Crippen LogP contribution in [0.15, 0.2) is 83.9 Å². The van der Waals surface area contributed by atoms with Gasteiger partial charge in [-0.05, 0) is 23.8 Å². The Morgan fingerprint density at radius 3 is 2.28 bits per heavy atom. The molecule has 0 fully saturated rings. The molecular formula is C20H18N2O2S. The number of nitrogens with zero attached hydrogens (tertiary/aromatic N) is 1. The molecule has 0 saturated heterocycles. The number of hydrogen-bond donors (Lipinski definition) is 1. The van der Waals surface area contributed by atoms with Gasteiger partial charge in [0, 0.05) is 11.0 Å². The molecule has 3 rings (SSSR count). The van der Waals surface area contributed by atoms with Crippen LogP contribution in [0.1, 0.15) is 10.8 Å². The molecule has 25 heavy (non-hydrogen) atoms. The monoisotopic (exact) mass is 350 g/mol. The number of anilines is 1. The number of benzene rings is 2. The van der Waals surface area contributed by atoms with Crippen LogP contribution in [0.2, 0.25) is 0 Å². The minimum atomic E-state index is -0.356. The van der Waals surface area contributed by atoms with E-state index < -0.39 is 0 Å². The Morgan fingerprint density at radius 1 is 1.00 bits per heavy atom. The maximum atomic E-state index is 12.9. The average Bonchev–Trinajstić information content (AvgIpc) is 2.68. The van der Waals surface area contributed by atoms with Gasteiger partial charge >= 0.3 is 0 Å². The average molecular weight is 350 g/mol. The minimum absolute atomic E-state index is 0.0907. The van der Waals surface area contributed by atoms with E-state index in [1.165, 1.54) is 11.8 Å². The topological polar surface area (TPSA) is 51.2 Å². The molecule has 4 nitrogen and oxygen atoms in total. The number of nitrogens with one attached hydrogen (secondary N) is 1. The second-order valence-electron chi connectivity index (χ2n) is 5.30. The van der Waals surface area contributed by atoms with Crippen molar-refractivity contribution < 1.29 is 9.53 Å². The predicted molar refractivity (Wildman–Crippen MR) is 101 cm³/mol. The highest BCUT2D eigenvalue weighted by Gasteiger charge is 2.22. The first-order chi connectivity index (χ1) is 12.3. The summed E-state index contributed by atoms with van der Waals surface area (Å²) in [5.74, 6) is 0.420. The quantitative estimate of drug-likeness (QED) is 0.662. The van der Waals surface area contributed by atoms with Crippen LogP contribution >= 0.6 is 11.8 Å². The molecule has 0 aliphatic rings. The molecule has 1 amide bonds. The fraction of sp³-hybridized carbons (Fsp3) is 0.100. The molecule has 5 heteroatoms. The van der Waals surface area contributed by atoms with Gasteiger partial charge in [-0.3, -0.25) is 4.79 Å². The predicted octanol–water partition coefficient (Wildman–Crippen LogP) is 4.56. The van der Waals surface area contributed by atoms with Gasteiger partial charge in [0.2, 0.25) is 11.8 Å². The highest BCUT2D eigenvalue weighted by molar-refractivity contribution is 8.00. The van der Waals surface area contributed by atoms with Crippen LogP contribution in [0.3, 0.4) is 0 Å². The van der Waals surface area contributed by atoms with Gasteiger partial charge in [-0.15, -0.1) is 11.8 Å². The largest absolute Gasteiger partial charge is 0.481 e. The molecule has 0 spiro atoms. The number of aromatic nitrogens is 1. The maximum Gasteiger partial charge on any atom is 0.242 e. The summed E-state index contributed by atoms with van der Waals surface area (Å²) < 4.78 is 5.04. The van der Waals surface area contributed by atoms with Gasteiger partial charge in [0.25, 0.3) is 0 Å². The molecule has 1 unspecified atom stereocenters. The van der Waals surface area contributed by atoms with Crippen LogP contribution in [0.5, 0.6) is 5.88 Å². The number of rotatable bonds is 6. The first-order valence-corrected chi connectivity index (χ1v) is 8.72. The number of carbonyl (C=O) groups excluding carboxylic acids is 1. The van der Waals surface area contributed by atoms with Crippen molar-refractivity contribution in [2.45, 2.75) is 10.1 Å². The Bertz CT molecular complexity index is 808. The van der Waals surface area contributed by atoms with Crippen molar-refractivity contribution in [2.24, 2.45) is 0 Å². The number of thioether (sulfide) groups is 1. The first kappa shape index (κ1) is 17.0. The van der Waals surface area contributed by atoms with E-state index in [1.54, 1.807) is 25.4 Å². The SMILES string of the molecule is COc1ccc(NC(=O)C(Sc2ccccc2)c2ccccc2)cn1. The summed E-state index contributed by atoms with van der Waals surface area (Å²) in [6.07, 6.45) is 1.59. The number of ether oxygens (including phenoxy) is 1. The number of carbonyl (C=O) groups is 1. The van der Waals surface area contributed by atoms with Crippen molar-refractivity contribution >= 4 is 23.4 Å². The van der Waals surface area contributed by atoms with Crippen LogP contribution in [-0.2, 0) is 4.79 Å². The molecule has 2 aromatic carbocycles. The summed E-state index contributed by atoms with van der Waals surface area (Å²) in [7, 11) is 1.56. The van der Waals surface area contributed by atoms with Crippen LogP contribution in [-0.4, -0.2) is 18.0 Å². The van der Waals surface area contributed by atoms with E-state index in [2.05, 4.69) is 10.3 Å². The molecule has 0 aliphatic heterocycles. The zero-order chi connectivity index (χ0) is 17.5. The molecular weight excluding hydrogens is 332 g/mol. The Kier molecular flexibility index (Phi) is 5.69. The molecule has 1 atom stereocenters. The van der Waals surface area contributed by atoms with Gasteiger partial charge in [0.05, 0.1) is 19.0 Å².